The van der Waals surface area contributed by atoms with Crippen molar-refractivity contribution >= 4 is 23.4 Å². The van der Waals surface area contributed by atoms with Crippen molar-refractivity contribution in [3.63, 3.8) is 0 Å². The van der Waals surface area contributed by atoms with Crippen molar-refractivity contribution in [2.45, 2.75) is 12.8 Å². The van der Waals surface area contributed by atoms with Crippen LogP contribution in [0.3, 0.4) is 0 Å². The van der Waals surface area contributed by atoms with Gasteiger partial charge in [0, 0.05) is 11.4 Å². The number of halogens is 1. The quantitative estimate of drug-likeness (QED) is 0.371. The number of carbonyl (C=O) groups is 2. The first-order valence-corrected chi connectivity index (χ1v) is 6.62. The van der Waals surface area contributed by atoms with E-state index in [4.69, 9.17) is 16.3 Å². The molecule has 0 aromatic heterocycles. The summed E-state index contributed by atoms with van der Waals surface area (Å²) in [6.07, 6.45) is 0. The van der Waals surface area contributed by atoms with Gasteiger partial charge in [-0.3, -0.25) is 4.79 Å². The number of ketones is 1. The smallest absolute Gasteiger partial charge is 0.344 e. The van der Waals surface area contributed by atoms with Crippen LogP contribution in [-0.4, -0.2) is 11.8 Å². The van der Waals surface area contributed by atoms with Crippen LogP contribution in [0.1, 0.15) is 33.2 Å². The molecule has 0 spiro atoms. The number of carbonyl (C=O) groups excluding carboxylic acids is 2. The zero-order valence-corrected chi connectivity index (χ0v) is 11.7. The first-order chi connectivity index (χ1) is 9.61. The van der Waals surface area contributed by atoms with Crippen LogP contribution < -0.4 is 4.74 Å². The second-order valence-electron chi connectivity index (χ2n) is 4.27. The maximum atomic E-state index is 12.1. The lowest BCUT2D eigenvalue weighted by Gasteiger charge is -2.07. The van der Waals surface area contributed by atoms with E-state index in [2.05, 4.69) is 0 Å². The van der Waals surface area contributed by atoms with Gasteiger partial charge in [-0.25, -0.2) is 4.79 Å². The molecule has 0 aliphatic rings. The fourth-order valence-corrected chi connectivity index (χ4v) is 1.95. The SMILES string of the molecule is CC(=O)c1ccccc1C(=O)Oc1ccc(CCl)cc1. The van der Waals surface area contributed by atoms with Crippen molar-refractivity contribution in [2.24, 2.45) is 0 Å². The highest BCUT2D eigenvalue weighted by atomic mass is 35.5. The third-order valence-electron chi connectivity index (χ3n) is 2.81. The van der Waals surface area contributed by atoms with Crippen molar-refractivity contribution < 1.29 is 14.3 Å². The monoisotopic (exact) mass is 288 g/mol. The van der Waals surface area contributed by atoms with Gasteiger partial charge in [0.25, 0.3) is 0 Å². The van der Waals surface area contributed by atoms with Gasteiger partial charge in [-0.05, 0) is 30.7 Å². The van der Waals surface area contributed by atoms with Crippen molar-refractivity contribution in [2.75, 3.05) is 0 Å². The Balaban J connectivity index is 2.21. The van der Waals surface area contributed by atoms with Crippen LogP contribution in [0.5, 0.6) is 5.75 Å². The summed E-state index contributed by atoms with van der Waals surface area (Å²) in [5, 5.41) is 0. The molecule has 20 heavy (non-hydrogen) atoms. The van der Waals surface area contributed by atoms with Crippen LogP contribution in [0.4, 0.5) is 0 Å². The Hall–Kier alpha value is -2.13. The predicted octanol–water partition coefficient (Wildman–Crippen LogP) is 3.85. The summed E-state index contributed by atoms with van der Waals surface area (Å²) in [5.74, 6) is 0.105. The van der Waals surface area contributed by atoms with Gasteiger partial charge in [-0.2, -0.15) is 0 Å². The molecule has 0 atom stereocenters. The number of rotatable bonds is 4. The first-order valence-electron chi connectivity index (χ1n) is 6.09. The maximum absolute atomic E-state index is 12.1. The second-order valence-corrected chi connectivity index (χ2v) is 4.54. The molecule has 2 aromatic rings. The molecule has 0 N–H and O–H groups in total. The van der Waals surface area contributed by atoms with Gasteiger partial charge in [-0.1, -0.05) is 30.3 Å². The van der Waals surface area contributed by atoms with Crippen molar-refractivity contribution in [3.8, 4) is 5.75 Å². The zero-order valence-electron chi connectivity index (χ0n) is 10.9. The Morgan fingerprint density at radius 3 is 2.15 bits per heavy atom. The zero-order chi connectivity index (χ0) is 14.5. The Bertz CT molecular complexity index is 632. The summed E-state index contributed by atoms with van der Waals surface area (Å²) in [5.41, 5.74) is 1.56. The number of hydrogen-bond donors (Lipinski definition) is 0. The average molecular weight is 289 g/mol. The summed E-state index contributed by atoms with van der Waals surface area (Å²) < 4.78 is 5.26. The molecule has 0 saturated carbocycles. The standard InChI is InChI=1S/C16H13ClO3/c1-11(18)14-4-2-3-5-15(14)16(19)20-13-8-6-12(10-17)7-9-13/h2-9H,10H2,1H3. The van der Waals surface area contributed by atoms with Crippen LogP contribution >= 0.6 is 11.6 Å². The molecule has 0 bridgehead atoms. The molecular weight excluding hydrogens is 276 g/mol. The molecule has 2 aromatic carbocycles. The Labute approximate surface area is 122 Å². The molecule has 0 amide bonds. The average Bonchev–Trinajstić information content (AvgIpc) is 2.48. The largest absolute Gasteiger partial charge is 0.423 e. The van der Waals surface area contributed by atoms with Gasteiger partial charge in [0.15, 0.2) is 5.78 Å². The highest BCUT2D eigenvalue weighted by Crippen LogP contribution is 2.17. The minimum absolute atomic E-state index is 0.171. The number of hydrogen-bond acceptors (Lipinski definition) is 3. The van der Waals surface area contributed by atoms with Crippen LogP contribution in [0, 0.1) is 0 Å². The fraction of sp³-hybridized carbons (Fsp3) is 0.125. The van der Waals surface area contributed by atoms with E-state index in [1.54, 1.807) is 48.5 Å². The second kappa shape index (κ2) is 6.35. The van der Waals surface area contributed by atoms with E-state index in [1.807, 2.05) is 0 Å². The molecule has 102 valence electrons. The van der Waals surface area contributed by atoms with E-state index in [0.29, 0.717) is 17.2 Å². The summed E-state index contributed by atoms with van der Waals surface area (Å²) in [6.45, 7) is 1.42. The van der Waals surface area contributed by atoms with Crippen molar-refractivity contribution in [3.05, 3.63) is 65.2 Å². The molecular formula is C16H13ClO3. The van der Waals surface area contributed by atoms with E-state index in [0.717, 1.165) is 5.56 Å². The minimum Gasteiger partial charge on any atom is -0.423 e. The van der Waals surface area contributed by atoms with Crippen LogP contribution in [0.15, 0.2) is 48.5 Å². The Morgan fingerprint density at radius 2 is 1.60 bits per heavy atom. The number of ether oxygens (including phenoxy) is 1. The lowest BCUT2D eigenvalue weighted by atomic mass is 10.0. The number of esters is 1. The predicted molar refractivity (Wildman–Crippen MR) is 77.4 cm³/mol. The Kier molecular flexibility index (Phi) is 4.53. The molecule has 0 aliphatic heterocycles. The number of Topliss-reactive ketones (excluding diaryl/α,β-unsaturated/α-hetero) is 1. The van der Waals surface area contributed by atoms with E-state index in [9.17, 15) is 9.59 Å². The van der Waals surface area contributed by atoms with Gasteiger partial charge < -0.3 is 4.74 Å². The highest BCUT2D eigenvalue weighted by molar-refractivity contribution is 6.17. The Morgan fingerprint density at radius 1 is 1.00 bits per heavy atom. The van der Waals surface area contributed by atoms with Gasteiger partial charge in [0.2, 0.25) is 0 Å². The van der Waals surface area contributed by atoms with Crippen molar-refractivity contribution in [1.82, 2.24) is 0 Å². The van der Waals surface area contributed by atoms with Gasteiger partial charge in [0.1, 0.15) is 5.75 Å². The molecule has 0 fully saturated rings. The van der Waals surface area contributed by atoms with Crippen LogP contribution in [-0.2, 0) is 5.88 Å². The van der Waals surface area contributed by atoms with E-state index >= 15 is 0 Å². The minimum atomic E-state index is -0.547. The molecule has 0 unspecified atom stereocenters. The fourth-order valence-electron chi connectivity index (χ4n) is 1.78. The van der Waals surface area contributed by atoms with Crippen LogP contribution in [0.2, 0.25) is 0 Å². The third-order valence-corrected chi connectivity index (χ3v) is 3.12. The molecule has 0 aliphatic carbocycles. The lowest BCUT2D eigenvalue weighted by Crippen LogP contribution is -2.13. The van der Waals surface area contributed by atoms with E-state index in [-0.39, 0.29) is 11.3 Å². The van der Waals surface area contributed by atoms with Gasteiger partial charge in [0.05, 0.1) is 5.56 Å². The molecule has 2 rings (SSSR count). The highest BCUT2D eigenvalue weighted by Gasteiger charge is 2.15. The maximum Gasteiger partial charge on any atom is 0.344 e. The van der Waals surface area contributed by atoms with Crippen molar-refractivity contribution in [1.29, 1.82) is 0 Å². The molecule has 4 heteroatoms. The summed E-state index contributed by atoms with van der Waals surface area (Å²) in [4.78, 5) is 23.6. The number of benzene rings is 2. The van der Waals surface area contributed by atoms with E-state index in [1.165, 1.54) is 6.92 Å². The topological polar surface area (TPSA) is 43.4 Å². The third kappa shape index (κ3) is 3.25. The summed E-state index contributed by atoms with van der Waals surface area (Å²) in [6, 6.07) is 13.5. The lowest BCUT2D eigenvalue weighted by molar-refractivity contribution is 0.0730. The normalized spacial score (nSPS) is 10.1. The molecule has 0 saturated heterocycles. The molecule has 3 nitrogen and oxygen atoms in total. The van der Waals surface area contributed by atoms with Crippen LogP contribution in [0.25, 0.3) is 0 Å². The summed E-state index contributed by atoms with van der Waals surface area (Å²) >= 11 is 5.69. The molecule has 0 heterocycles. The number of alkyl halides is 1. The van der Waals surface area contributed by atoms with Gasteiger partial charge in [-0.15, -0.1) is 11.6 Å². The van der Waals surface area contributed by atoms with Gasteiger partial charge >= 0.3 is 5.97 Å². The van der Waals surface area contributed by atoms with E-state index < -0.39 is 5.97 Å². The molecule has 0 radical (unpaired) electrons. The first kappa shape index (κ1) is 14.3. The summed E-state index contributed by atoms with van der Waals surface area (Å²) in [7, 11) is 0.